The Morgan fingerprint density at radius 3 is 2.84 bits per heavy atom. The van der Waals surface area contributed by atoms with Crippen molar-refractivity contribution in [3.63, 3.8) is 0 Å². The van der Waals surface area contributed by atoms with Crippen LogP contribution in [0.1, 0.15) is 29.8 Å². The largest absolute Gasteiger partial charge is 0.349 e. The fourth-order valence-electron chi connectivity index (χ4n) is 2.14. The number of nitrogens with one attached hydrogen (secondary N) is 2. The second-order valence-electron chi connectivity index (χ2n) is 5.20. The summed E-state index contributed by atoms with van der Waals surface area (Å²) in [6, 6.07) is 4.37. The van der Waals surface area contributed by atoms with E-state index in [4.69, 9.17) is 5.26 Å². The van der Waals surface area contributed by atoms with Crippen molar-refractivity contribution in [2.45, 2.75) is 24.9 Å². The second kappa shape index (κ2) is 7.90. The molecule has 1 aromatic heterocycles. The number of nitriles is 1. The summed E-state index contributed by atoms with van der Waals surface area (Å²) in [4.78, 5) is 29.5. The molecule has 1 aromatic carbocycles. The van der Waals surface area contributed by atoms with Gasteiger partial charge in [0.1, 0.15) is 28.3 Å². The van der Waals surface area contributed by atoms with Crippen LogP contribution in [-0.2, 0) is 4.79 Å². The number of aromatic nitrogens is 2. The van der Waals surface area contributed by atoms with Crippen LogP contribution in [0.5, 0.6) is 0 Å². The quantitative estimate of drug-likeness (QED) is 0.626. The number of amides is 1. The number of rotatable bonds is 5. The summed E-state index contributed by atoms with van der Waals surface area (Å²) in [5.41, 5.74) is 0.103. The standard InChI is InChI=1S/C16H14F2N4O2S/c1-8(11-4-3-10(17)5-13(11)18)20-14(23)7-25-15-12(6-19)9(2)21-16(24)22-15/h3-5,8H,7H2,1-2H3,(H,20,23)(H,21,22,24). The fraction of sp³-hybridized carbons (Fsp3) is 0.250. The minimum absolute atomic E-state index is 0.113. The maximum Gasteiger partial charge on any atom is 0.346 e. The third-order valence-electron chi connectivity index (χ3n) is 3.34. The zero-order valence-corrected chi connectivity index (χ0v) is 14.2. The first kappa shape index (κ1) is 18.6. The minimum atomic E-state index is -0.751. The molecule has 0 saturated heterocycles. The minimum Gasteiger partial charge on any atom is -0.349 e. The van der Waals surface area contributed by atoms with Gasteiger partial charge in [-0.15, -0.1) is 0 Å². The van der Waals surface area contributed by atoms with Crippen molar-refractivity contribution in [2.75, 3.05) is 5.75 Å². The topological polar surface area (TPSA) is 98.6 Å². The van der Waals surface area contributed by atoms with E-state index in [0.717, 1.165) is 23.9 Å². The summed E-state index contributed by atoms with van der Waals surface area (Å²) >= 11 is 0.932. The SMILES string of the molecule is Cc1[nH]c(=O)nc(SCC(=O)NC(C)c2ccc(F)cc2F)c1C#N. The lowest BCUT2D eigenvalue weighted by atomic mass is 10.1. The van der Waals surface area contributed by atoms with Gasteiger partial charge in [-0.2, -0.15) is 10.2 Å². The molecule has 0 fully saturated rings. The molecule has 9 heteroatoms. The molecule has 0 bridgehead atoms. The lowest BCUT2D eigenvalue weighted by Gasteiger charge is -2.15. The number of aryl methyl sites for hydroxylation is 1. The Labute approximate surface area is 146 Å². The van der Waals surface area contributed by atoms with Crippen molar-refractivity contribution in [1.29, 1.82) is 5.26 Å². The number of aromatic amines is 1. The molecule has 0 radical (unpaired) electrons. The summed E-state index contributed by atoms with van der Waals surface area (Å²) in [5, 5.41) is 11.8. The van der Waals surface area contributed by atoms with Crippen molar-refractivity contribution in [1.82, 2.24) is 15.3 Å². The van der Waals surface area contributed by atoms with Crippen molar-refractivity contribution in [3.8, 4) is 6.07 Å². The van der Waals surface area contributed by atoms with Gasteiger partial charge in [-0.05, 0) is 19.9 Å². The predicted molar refractivity (Wildman–Crippen MR) is 87.9 cm³/mol. The monoisotopic (exact) mass is 364 g/mol. The van der Waals surface area contributed by atoms with Crippen LogP contribution in [0, 0.1) is 29.9 Å². The van der Waals surface area contributed by atoms with Gasteiger partial charge in [-0.25, -0.2) is 13.6 Å². The first-order valence-electron chi connectivity index (χ1n) is 7.20. The van der Waals surface area contributed by atoms with Crippen LogP contribution in [0.2, 0.25) is 0 Å². The predicted octanol–water partition coefficient (Wildman–Crippen LogP) is 2.20. The van der Waals surface area contributed by atoms with E-state index in [2.05, 4.69) is 15.3 Å². The molecule has 0 saturated carbocycles. The Balaban J connectivity index is 2.04. The molecule has 1 unspecified atom stereocenters. The number of benzene rings is 1. The molecule has 2 rings (SSSR count). The molecule has 2 aromatic rings. The highest BCUT2D eigenvalue weighted by Gasteiger charge is 2.16. The average Bonchev–Trinajstić information content (AvgIpc) is 2.52. The summed E-state index contributed by atoms with van der Waals surface area (Å²) < 4.78 is 26.6. The number of carbonyl (C=O) groups is 1. The molecule has 6 nitrogen and oxygen atoms in total. The van der Waals surface area contributed by atoms with Crippen LogP contribution in [0.25, 0.3) is 0 Å². The Bertz CT molecular complexity index is 908. The molecule has 0 aliphatic rings. The third-order valence-corrected chi connectivity index (χ3v) is 4.32. The lowest BCUT2D eigenvalue weighted by Crippen LogP contribution is -2.29. The molecule has 1 heterocycles. The van der Waals surface area contributed by atoms with Crippen molar-refractivity contribution < 1.29 is 13.6 Å². The fourth-order valence-corrected chi connectivity index (χ4v) is 2.98. The summed E-state index contributed by atoms with van der Waals surface area (Å²) in [5.74, 6) is -2.00. The molecule has 130 valence electrons. The van der Waals surface area contributed by atoms with Crippen LogP contribution in [0.4, 0.5) is 8.78 Å². The zero-order chi connectivity index (χ0) is 18.6. The Morgan fingerprint density at radius 1 is 1.48 bits per heavy atom. The summed E-state index contributed by atoms with van der Waals surface area (Å²) in [6.07, 6.45) is 0. The number of hydrogen-bond acceptors (Lipinski definition) is 5. The van der Waals surface area contributed by atoms with Gasteiger partial charge < -0.3 is 10.3 Å². The smallest absolute Gasteiger partial charge is 0.346 e. The van der Waals surface area contributed by atoms with E-state index in [1.165, 1.54) is 6.07 Å². The van der Waals surface area contributed by atoms with E-state index in [1.54, 1.807) is 13.8 Å². The van der Waals surface area contributed by atoms with Gasteiger partial charge in [0.15, 0.2) is 0 Å². The Morgan fingerprint density at radius 2 is 2.20 bits per heavy atom. The van der Waals surface area contributed by atoms with Crippen molar-refractivity contribution in [2.24, 2.45) is 0 Å². The molecular formula is C16H14F2N4O2S. The summed E-state index contributed by atoms with van der Waals surface area (Å²) in [7, 11) is 0. The number of thioether (sulfide) groups is 1. The van der Waals surface area contributed by atoms with Crippen LogP contribution < -0.4 is 11.0 Å². The lowest BCUT2D eigenvalue weighted by molar-refractivity contribution is -0.119. The summed E-state index contributed by atoms with van der Waals surface area (Å²) in [6.45, 7) is 3.13. The number of nitrogens with zero attached hydrogens (tertiary/aromatic N) is 2. The van der Waals surface area contributed by atoms with E-state index < -0.39 is 29.3 Å². The van der Waals surface area contributed by atoms with Gasteiger partial charge in [-0.3, -0.25) is 4.79 Å². The Kier molecular flexibility index (Phi) is 5.88. The molecular weight excluding hydrogens is 350 g/mol. The number of H-pyrrole nitrogens is 1. The van der Waals surface area contributed by atoms with Crippen LogP contribution in [-0.4, -0.2) is 21.6 Å². The highest BCUT2D eigenvalue weighted by molar-refractivity contribution is 8.00. The zero-order valence-electron chi connectivity index (χ0n) is 13.4. The van der Waals surface area contributed by atoms with Gasteiger partial charge in [0, 0.05) is 17.3 Å². The number of hydrogen-bond donors (Lipinski definition) is 2. The van der Waals surface area contributed by atoms with Gasteiger partial charge in [0.2, 0.25) is 5.91 Å². The van der Waals surface area contributed by atoms with Crippen molar-refractivity contribution >= 4 is 17.7 Å². The number of carbonyl (C=O) groups excluding carboxylic acids is 1. The van der Waals surface area contributed by atoms with Crippen molar-refractivity contribution in [3.05, 3.63) is 57.1 Å². The average molecular weight is 364 g/mol. The van der Waals surface area contributed by atoms with Gasteiger partial charge in [-0.1, -0.05) is 17.8 Å². The second-order valence-corrected chi connectivity index (χ2v) is 6.17. The molecule has 1 atom stereocenters. The maximum absolute atomic E-state index is 13.7. The third kappa shape index (κ3) is 4.64. The van der Waals surface area contributed by atoms with E-state index in [1.807, 2.05) is 6.07 Å². The first-order chi connectivity index (χ1) is 11.8. The van der Waals surface area contributed by atoms with E-state index in [9.17, 15) is 18.4 Å². The molecule has 0 spiro atoms. The van der Waals surface area contributed by atoms with E-state index in [0.29, 0.717) is 5.69 Å². The highest BCUT2D eigenvalue weighted by atomic mass is 32.2. The Hall–Kier alpha value is -2.73. The maximum atomic E-state index is 13.7. The van der Waals surface area contributed by atoms with Crippen LogP contribution >= 0.6 is 11.8 Å². The van der Waals surface area contributed by atoms with Gasteiger partial charge in [0.25, 0.3) is 0 Å². The van der Waals surface area contributed by atoms with Crippen LogP contribution in [0.3, 0.4) is 0 Å². The molecule has 2 N–H and O–H groups in total. The van der Waals surface area contributed by atoms with Gasteiger partial charge in [0.05, 0.1) is 11.8 Å². The highest BCUT2D eigenvalue weighted by Crippen LogP contribution is 2.21. The first-order valence-corrected chi connectivity index (χ1v) is 8.18. The molecule has 0 aliphatic heterocycles. The molecule has 25 heavy (non-hydrogen) atoms. The van der Waals surface area contributed by atoms with E-state index in [-0.39, 0.29) is 21.9 Å². The molecule has 1 amide bonds. The number of halogens is 2. The normalized spacial score (nSPS) is 11.6. The molecule has 0 aliphatic carbocycles. The van der Waals surface area contributed by atoms with Crippen LogP contribution in [0.15, 0.2) is 28.0 Å². The van der Waals surface area contributed by atoms with Gasteiger partial charge >= 0.3 is 5.69 Å². The van der Waals surface area contributed by atoms with E-state index >= 15 is 0 Å².